The number of rotatable bonds is 4. The molecule has 3 nitrogen and oxygen atoms in total. The van der Waals surface area contributed by atoms with Gasteiger partial charge >= 0.3 is 0 Å². The van der Waals surface area contributed by atoms with Gasteiger partial charge in [-0.1, -0.05) is 27.7 Å². The average Bonchev–Trinajstić information content (AvgIpc) is 1.78. The predicted molar refractivity (Wildman–Crippen MR) is 55.8 cm³/mol. The zero-order chi connectivity index (χ0) is 10.7. The fourth-order valence-corrected chi connectivity index (χ4v) is 2.24. The lowest BCUT2D eigenvalue weighted by atomic mass is 9.84. The summed E-state index contributed by atoms with van der Waals surface area (Å²) in [5, 5.41) is 4.92. The molecule has 4 heteroatoms. The van der Waals surface area contributed by atoms with Crippen molar-refractivity contribution in [3.05, 3.63) is 0 Å². The van der Waals surface area contributed by atoms with Crippen LogP contribution in [0.1, 0.15) is 40.5 Å². The summed E-state index contributed by atoms with van der Waals surface area (Å²) in [6.07, 6.45) is 1.69. The van der Waals surface area contributed by atoms with Gasteiger partial charge in [0.2, 0.25) is 10.0 Å². The smallest absolute Gasteiger partial charge is 0.209 e. The van der Waals surface area contributed by atoms with Crippen molar-refractivity contribution in [2.24, 2.45) is 16.5 Å². The normalized spacial score (nSPS) is 15.8. The summed E-state index contributed by atoms with van der Waals surface area (Å²) in [4.78, 5) is 0. The zero-order valence-corrected chi connectivity index (χ0v) is 9.82. The molecule has 13 heavy (non-hydrogen) atoms. The Balaban J connectivity index is 3.84. The monoisotopic (exact) mass is 207 g/mol. The Morgan fingerprint density at radius 3 is 2.08 bits per heavy atom. The van der Waals surface area contributed by atoms with Gasteiger partial charge in [0.25, 0.3) is 0 Å². The summed E-state index contributed by atoms with van der Waals surface area (Å²) in [6, 6.07) is 0. The first kappa shape index (κ1) is 12.9. The maximum absolute atomic E-state index is 10.7. The van der Waals surface area contributed by atoms with Gasteiger partial charge in [-0.15, -0.1) is 0 Å². The van der Waals surface area contributed by atoms with Crippen molar-refractivity contribution in [1.82, 2.24) is 0 Å². The van der Waals surface area contributed by atoms with E-state index in [-0.39, 0.29) is 11.2 Å². The van der Waals surface area contributed by atoms with Crippen molar-refractivity contribution in [2.75, 3.05) is 5.75 Å². The van der Waals surface area contributed by atoms with Crippen LogP contribution in [0.15, 0.2) is 0 Å². The van der Waals surface area contributed by atoms with E-state index in [1.807, 2.05) is 0 Å². The molecule has 0 saturated carbocycles. The molecule has 0 amide bonds. The molecule has 0 aromatic rings. The highest BCUT2D eigenvalue weighted by Gasteiger charge is 2.16. The first-order chi connectivity index (χ1) is 5.60. The molecule has 80 valence electrons. The van der Waals surface area contributed by atoms with Crippen LogP contribution >= 0.6 is 0 Å². The van der Waals surface area contributed by atoms with E-state index in [2.05, 4.69) is 27.7 Å². The van der Waals surface area contributed by atoms with E-state index < -0.39 is 10.0 Å². The van der Waals surface area contributed by atoms with Crippen LogP contribution in [-0.4, -0.2) is 14.2 Å². The van der Waals surface area contributed by atoms with Crippen molar-refractivity contribution in [3.63, 3.8) is 0 Å². The van der Waals surface area contributed by atoms with Crippen LogP contribution in [0.3, 0.4) is 0 Å². The van der Waals surface area contributed by atoms with E-state index in [0.29, 0.717) is 12.3 Å². The Kier molecular flexibility index (Phi) is 4.39. The number of sulfonamides is 1. The molecule has 0 heterocycles. The van der Waals surface area contributed by atoms with E-state index in [9.17, 15) is 8.42 Å². The quantitative estimate of drug-likeness (QED) is 0.763. The van der Waals surface area contributed by atoms with Crippen LogP contribution in [-0.2, 0) is 10.0 Å². The third-order valence-corrected chi connectivity index (χ3v) is 2.66. The zero-order valence-electron chi connectivity index (χ0n) is 9.00. The molecule has 1 atom stereocenters. The number of hydrogen-bond donors (Lipinski definition) is 1. The minimum atomic E-state index is -3.27. The van der Waals surface area contributed by atoms with Gasteiger partial charge in [0, 0.05) is 0 Å². The van der Waals surface area contributed by atoms with Crippen molar-refractivity contribution >= 4 is 10.0 Å². The van der Waals surface area contributed by atoms with Crippen LogP contribution < -0.4 is 5.14 Å². The standard InChI is InChI=1S/C9H21NO2S/c1-8(7-9(2,3)4)5-6-13(10,11)12/h8H,5-7H2,1-4H3,(H2,10,11,12). The highest BCUT2D eigenvalue weighted by molar-refractivity contribution is 7.89. The van der Waals surface area contributed by atoms with E-state index in [1.165, 1.54) is 0 Å². The molecule has 0 spiro atoms. The van der Waals surface area contributed by atoms with E-state index >= 15 is 0 Å². The van der Waals surface area contributed by atoms with Gasteiger partial charge in [-0.05, 0) is 24.2 Å². The van der Waals surface area contributed by atoms with Gasteiger partial charge in [0.1, 0.15) is 0 Å². The second-order valence-electron chi connectivity index (χ2n) is 5.03. The lowest BCUT2D eigenvalue weighted by Crippen LogP contribution is -2.20. The fraction of sp³-hybridized carbons (Fsp3) is 1.00. The molecule has 0 aliphatic heterocycles. The molecule has 0 bridgehead atoms. The molecule has 2 N–H and O–H groups in total. The largest absolute Gasteiger partial charge is 0.229 e. The van der Waals surface area contributed by atoms with Crippen LogP contribution in [0.5, 0.6) is 0 Å². The Morgan fingerprint density at radius 2 is 1.77 bits per heavy atom. The van der Waals surface area contributed by atoms with Gasteiger partial charge in [-0.25, -0.2) is 13.6 Å². The van der Waals surface area contributed by atoms with Gasteiger partial charge in [0.15, 0.2) is 0 Å². The molecule has 0 aromatic carbocycles. The molecule has 0 rings (SSSR count). The van der Waals surface area contributed by atoms with Crippen LogP contribution in [0.4, 0.5) is 0 Å². The number of nitrogens with two attached hydrogens (primary N) is 1. The maximum Gasteiger partial charge on any atom is 0.209 e. The van der Waals surface area contributed by atoms with Gasteiger partial charge < -0.3 is 0 Å². The molecule has 0 fully saturated rings. The minimum Gasteiger partial charge on any atom is -0.229 e. The minimum absolute atomic E-state index is 0.101. The van der Waals surface area contributed by atoms with E-state index in [0.717, 1.165) is 6.42 Å². The Hall–Kier alpha value is -0.0900. The SMILES string of the molecule is CC(CCS(N)(=O)=O)CC(C)(C)C. The van der Waals surface area contributed by atoms with Gasteiger partial charge in [-0.2, -0.15) is 0 Å². The molecule has 0 aliphatic rings. The Bertz CT molecular complexity index is 239. The second kappa shape index (κ2) is 4.42. The summed E-state index contributed by atoms with van der Waals surface area (Å²) >= 11 is 0. The predicted octanol–water partition coefficient (Wildman–Crippen LogP) is 1.74. The molecular weight excluding hydrogens is 186 g/mol. The van der Waals surface area contributed by atoms with Gasteiger partial charge in [-0.3, -0.25) is 0 Å². The molecule has 0 aliphatic carbocycles. The van der Waals surface area contributed by atoms with Crippen LogP contribution in [0, 0.1) is 11.3 Å². The Morgan fingerprint density at radius 1 is 1.31 bits per heavy atom. The molecule has 1 unspecified atom stereocenters. The summed E-state index contributed by atoms with van der Waals surface area (Å²) < 4.78 is 21.4. The molecule has 0 aromatic heterocycles. The average molecular weight is 207 g/mol. The third-order valence-electron chi connectivity index (χ3n) is 1.86. The molecular formula is C9H21NO2S. The molecule has 0 radical (unpaired) electrons. The number of primary sulfonamides is 1. The van der Waals surface area contributed by atoms with E-state index in [4.69, 9.17) is 5.14 Å². The molecule has 0 saturated heterocycles. The maximum atomic E-state index is 10.7. The first-order valence-electron chi connectivity index (χ1n) is 4.61. The van der Waals surface area contributed by atoms with Crippen LogP contribution in [0.2, 0.25) is 0 Å². The first-order valence-corrected chi connectivity index (χ1v) is 6.32. The van der Waals surface area contributed by atoms with Crippen molar-refractivity contribution < 1.29 is 8.42 Å². The van der Waals surface area contributed by atoms with E-state index in [1.54, 1.807) is 0 Å². The van der Waals surface area contributed by atoms with Gasteiger partial charge in [0.05, 0.1) is 5.75 Å². The lowest BCUT2D eigenvalue weighted by molar-refractivity contribution is 0.302. The van der Waals surface area contributed by atoms with Crippen LogP contribution in [0.25, 0.3) is 0 Å². The fourth-order valence-electron chi connectivity index (χ4n) is 1.51. The summed E-state index contributed by atoms with van der Waals surface area (Å²) in [5.74, 6) is 0.517. The second-order valence-corrected chi connectivity index (χ2v) is 6.76. The van der Waals surface area contributed by atoms with Crippen molar-refractivity contribution in [1.29, 1.82) is 0 Å². The topological polar surface area (TPSA) is 60.2 Å². The third kappa shape index (κ3) is 9.83. The van der Waals surface area contributed by atoms with Crippen molar-refractivity contribution in [2.45, 2.75) is 40.5 Å². The number of hydrogen-bond acceptors (Lipinski definition) is 2. The summed E-state index contributed by atoms with van der Waals surface area (Å²) in [6.45, 7) is 8.53. The highest BCUT2D eigenvalue weighted by Crippen LogP contribution is 2.25. The summed E-state index contributed by atoms with van der Waals surface area (Å²) in [5.41, 5.74) is 0.262. The van der Waals surface area contributed by atoms with Crippen molar-refractivity contribution in [3.8, 4) is 0 Å². The summed E-state index contributed by atoms with van der Waals surface area (Å²) in [7, 11) is -3.27. The Labute approximate surface area is 81.8 Å². The lowest BCUT2D eigenvalue weighted by Gasteiger charge is -2.22. The highest BCUT2D eigenvalue weighted by atomic mass is 32.2.